The van der Waals surface area contributed by atoms with E-state index in [-0.39, 0.29) is 17.9 Å². The molecule has 0 aromatic carbocycles. The fourth-order valence-electron chi connectivity index (χ4n) is 2.50. The Balaban J connectivity index is 1.98. The van der Waals surface area contributed by atoms with E-state index in [0.29, 0.717) is 6.61 Å². The van der Waals surface area contributed by atoms with Crippen molar-refractivity contribution in [1.82, 2.24) is 4.90 Å². The van der Waals surface area contributed by atoms with Crippen LogP contribution in [0.5, 0.6) is 0 Å². The monoisotopic (exact) mass is 222 g/mol. The van der Waals surface area contributed by atoms with Crippen molar-refractivity contribution in [3.8, 4) is 6.07 Å². The molecule has 1 amide bonds. The van der Waals surface area contributed by atoms with Crippen LogP contribution in [0.3, 0.4) is 0 Å². The molecule has 88 valence electrons. The number of nitrogens with zero attached hydrogens (tertiary/aromatic N) is 2. The van der Waals surface area contributed by atoms with Gasteiger partial charge in [-0.25, -0.2) is 0 Å². The Bertz CT molecular complexity index is 292. The fraction of sp³-hybridized carbons (Fsp3) is 0.833. The van der Waals surface area contributed by atoms with Crippen LogP contribution in [-0.4, -0.2) is 36.6 Å². The third-order valence-corrected chi connectivity index (χ3v) is 3.44. The summed E-state index contributed by atoms with van der Waals surface area (Å²) in [5.41, 5.74) is 0. The van der Waals surface area contributed by atoms with Crippen molar-refractivity contribution < 1.29 is 9.53 Å². The third kappa shape index (κ3) is 2.35. The molecule has 2 saturated heterocycles. The van der Waals surface area contributed by atoms with Crippen molar-refractivity contribution in [2.45, 2.75) is 38.1 Å². The second-order valence-corrected chi connectivity index (χ2v) is 4.59. The number of rotatable bonds is 1. The Kier molecular flexibility index (Phi) is 3.79. The first kappa shape index (κ1) is 11.4. The maximum atomic E-state index is 12.2. The van der Waals surface area contributed by atoms with Crippen LogP contribution in [-0.2, 0) is 9.53 Å². The largest absolute Gasteiger partial charge is 0.381 e. The van der Waals surface area contributed by atoms with E-state index in [4.69, 9.17) is 10.00 Å². The fourth-order valence-corrected chi connectivity index (χ4v) is 2.50. The average molecular weight is 222 g/mol. The highest BCUT2D eigenvalue weighted by atomic mass is 16.5. The number of hydrogen-bond donors (Lipinski definition) is 0. The summed E-state index contributed by atoms with van der Waals surface area (Å²) in [5.74, 6) is 0.119. The van der Waals surface area contributed by atoms with E-state index in [2.05, 4.69) is 6.07 Å². The Hall–Kier alpha value is -1.08. The molecule has 0 aliphatic carbocycles. The highest BCUT2D eigenvalue weighted by Crippen LogP contribution is 2.22. The summed E-state index contributed by atoms with van der Waals surface area (Å²) in [4.78, 5) is 14.0. The van der Waals surface area contributed by atoms with E-state index in [9.17, 15) is 4.79 Å². The minimum absolute atomic E-state index is 0.0114. The number of carbonyl (C=O) groups excluding carboxylic acids is 1. The lowest BCUT2D eigenvalue weighted by molar-refractivity contribution is -0.142. The highest BCUT2D eigenvalue weighted by Gasteiger charge is 2.32. The van der Waals surface area contributed by atoms with Gasteiger partial charge in [-0.05, 0) is 32.1 Å². The Labute approximate surface area is 96.2 Å². The van der Waals surface area contributed by atoms with Gasteiger partial charge in [-0.2, -0.15) is 5.26 Å². The van der Waals surface area contributed by atoms with Crippen molar-refractivity contribution in [2.24, 2.45) is 5.92 Å². The predicted molar refractivity (Wildman–Crippen MR) is 58.5 cm³/mol. The molecule has 0 aromatic rings. The maximum absolute atomic E-state index is 12.2. The number of ether oxygens (including phenoxy) is 1. The molecule has 0 spiro atoms. The summed E-state index contributed by atoms with van der Waals surface area (Å²) in [6.07, 6.45) is 4.78. The van der Waals surface area contributed by atoms with Gasteiger partial charge < -0.3 is 9.64 Å². The van der Waals surface area contributed by atoms with E-state index in [1.165, 1.54) is 0 Å². The molecule has 2 aliphatic rings. The van der Waals surface area contributed by atoms with E-state index in [1.54, 1.807) is 4.90 Å². The zero-order valence-electron chi connectivity index (χ0n) is 9.52. The van der Waals surface area contributed by atoms with Gasteiger partial charge in [0.25, 0.3) is 0 Å². The van der Waals surface area contributed by atoms with Crippen LogP contribution in [0.25, 0.3) is 0 Å². The summed E-state index contributed by atoms with van der Waals surface area (Å²) in [7, 11) is 0. The predicted octanol–water partition coefficient (Wildman–Crippen LogP) is 1.32. The number of nitriles is 1. The van der Waals surface area contributed by atoms with Crippen molar-refractivity contribution in [1.29, 1.82) is 5.26 Å². The van der Waals surface area contributed by atoms with Gasteiger partial charge in [-0.3, -0.25) is 4.79 Å². The van der Waals surface area contributed by atoms with Gasteiger partial charge in [0.1, 0.15) is 6.04 Å². The molecule has 0 radical (unpaired) electrons. The quantitative estimate of drug-likeness (QED) is 0.672. The minimum atomic E-state index is -0.205. The molecular formula is C12H18N2O2. The first-order valence-corrected chi connectivity index (χ1v) is 6.11. The number of carbonyl (C=O) groups is 1. The van der Waals surface area contributed by atoms with Crippen molar-refractivity contribution in [2.75, 3.05) is 19.8 Å². The summed E-state index contributed by atoms with van der Waals surface area (Å²) >= 11 is 0. The van der Waals surface area contributed by atoms with Crippen LogP contribution in [0.1, 0.15) is 32.1 Å². The molecule has 4 nitrogen and oxygen atoms in total. The summed E-state index contributed by atoms with van der Waals surface area (Å²) in [5, 5.41) is 9.03. The van der Waals surface area contributed by atoms with Crippen molar-refractivity contribution in [3.05, 3.63) is 0 Å². The van der Waals surface area contributed by atoms with E-state index in [0.717, 1.165) is 45.3 Å². The summed E-state index contributed by atoms with van der Waals surface area (Å²) in [6, 6.07) is 2.03. The van der Waals surface area contributed by atoms with Crippen molar-refractivity contribution >= 4 is 5.91 Å². The lowest BCUT2D eigenvalue weighted by atomic mass is 9.96. The molecule has 16 heavy (non-hydrogen) atoms. The number of piperidine rings is 1. The van der Waals surface area contributed by atoms with Gasteiger partial charge in [0.15, 0.2) is 0 Å². The highest BCUT2D eigenvalue weighted by molar-refractivity contribution is 5.79. The smallest absolute Gasteiger partial charge is 0.229 e. The van der Waals surface area contributed by atoms with Gasteiger partial charge in [-0.15, -0.1) is 0 Å². The van der Waals surface area contributed by atoms with Gasteiger partial charge >= 0.3 is 0 Å². The van der Waals surface area contributed by atoms with Crippen LogP contribution < -0.4 is 0 Å². The number of likely N-dealkylation sites (tertiary alicyclic amines) is 1. The Morgan fingerprint density at radius 1 is 1.31 bits per heavy atom. The average Bonchev–Trinajstić information content (AvgIpc) is 2.39. The molecule has 2 aliphatic heterocycles. The SMILES string of the molecule is N#CC1CCCCN1C(=O)C1CCCOC1. The molecule has 4 heteroatoms. The topological polar surface area (TPSA) is 53.3 Å². The minimum Gasteiger partial charge on any atom is -0.381 e. The van der Waals surface area contributed by atoms with E-state index < -0.39 is 0 Å². The second kappa shape index (κ2) is 5.31. The number of amides is 1. The zero-order valence-corrected chi connectivity index (χ0v) is 9.52. The molecule has 0 N–H and O–H groups in total. The van der Waals surface area contributed by atoms with Crippen LogP contribution >= 0.6 is 0 Å². The Morgan fingerprint density at radius 3 is 2.88 bits per heavy atom. The van der Waals surface area contributed by atoms with Gasteiger partial charge in [0, 0.05) is 13.2 Å². The Morgan fingerprint density at radius 2 is 2.19 bits per heavy atom. The van der Waals surface area contributed by atoms with E-state index >= 15 is 0 Å². The standard InChI is InChI=1S/C12H18N2O2/c13-8-11-5-1-2-6-14(11)12(15)10-4-3-7-16-9-10/h10-11H,1-7,9H2. The first-order chi connectivity index (χ1) is 7.83. The molecule has 2 fully saturated rings. The summed E-state index contributed by atoms with van der Waals surface area (Å²) < 4.78 is 5.33. The molecular weight excluding hydrogens is 204 g/mol. The molecule has 2 atom stereocenters. The molecule has 2 heterocycles. The van der Waals surface area contributed by atoms with Crippen LogP contribution in [0.15, 0.2) is 0 Å². The molecule has 2 rings (SSSR count). The van der Waals surface area contributed by atoms with Crippen molar-refractivity contribution in [3.63, 3.8) is 0 Å². The van der Waals surface area contributed by atoms with Crippen LogP contribution in [0, 0.1) is 17.2 Å². The van der Waals surface area contributed by atoms with Gasteiger partial charge in [-0.1, -0.05) is 0 Å². The summed E-state index contributed by atoms with van der Waals surface area (Å²) in [6.45, 7) is 2.05. The normalized spacial score (nSPS) is 30.8. The zero-order chi connectivity index (χ0) is 11.4. The lowest BCUT2D eigenvalue weighted by Gasteiger charge is -2.35. The molecule has 0 bridgehead atoms. The van der Waals surface area contributed by atoms with E-state index in [1.807, 2.05) is 0 Å². The third-order valence-electron chi connectivity index (χ3n) is 3.44. The van der Waals surface area contributed by atoms with Crippen LogP contribution in [0.4, 0.5) is 0 Å². The molecule has 0 saturated carbocycles. The first-order valence-electron chi connectivity index (χ1n) is 6.11. The molecule has 2 unspecified atom stereocenters. The second-order valence-electron chi connectivity index (χ2n) is 4.59. The lowest BCUT2D eigenvalue weighted by Crippen LogP contribution is -2.47. The maximum Gasteiger partial charge on any atom is 0.229 e. The van der Waals surface area contributed by atoms with Gasteiger partial charge in [0.2, 0.25) is 5.91 Å². The molecule has 0 aromatic heterocycles. The van der Waals surface area contributed by atoms with Gasteiger partial charge in [0.05, 0.1) is 18.6 Å². The number of hydrogen-bond acceptors (Lipinski definition) is 3. The van der Waals surface area contributed by atoms with Crippen LogP contribution in [0.2, 0.25) is 0 Å².